The van der Waals surface area contributed by atoms with E-state index < -0.39 is 11.7 Å². The molecule has 0 fully saturated rings. The second kappa shape index (κ2) is 8.47. The van der Waals surface area contributed by atoms with E-state index in [1.54, 1.807) is 18.2 Å². The third kappa shape index (κ3) is 5.41. The summed E-state index contributed by atoms with van der Waals surface area (Å²) in [5, 5.41) is 9.62. The Kier molecular flexibility index (Phi) is 6.57. The summed E-state index contributed by atoms with van der Waals surface area (Å²) < 4.78 is 43.5. The number of hydrogen-bond acceptors (Lipinski definition) is 2. The predicted molar refractivity (Wildman–Crippen MR) is 96.6 cm³/mol. The number of rotatable bonds is 7. The number of aromatic hydroxyl groups is 1. The lowest BCUT2D eigenvalue weighted by Gasteiger charge is -2.14. The maximum Gasteiger partial charge on any atom is 0.416 e. The first-order valence-electron chi connectivity index (χ1n) is 8.73. The predicted octanol–water partition coefficient (Wildman–Crippen LogP) is 5.93. The third-order valence-corrected chi connectivity index (χ3v) is 4.69. The van der Waals surface area contributed by atoms with Gasteiger partial charge in [-0.3, -0.25) is 0 Å². The molecule has 0 amide bonds. The molecule has 2 nitrogen and oxygen atoms in total. The van der Waals surface area contributed by atoms with Crippen molar-refractivity contribution in [3.05, 3.63) is 58.7 Å². The Morgan fingerprint density at radius 2 is 1.58 bits per heavy atom. The van der Waals surface area contributed by atoms with Gasteiger partial charge in [-0.05, 0) is 73.4 Å². The van der Waals surface area contributed by atoms with Crippen LogP contribution >= 0.6 is 0 Å². The minimum Gasteiger partial charge on any atom is -0.504 e. The lowest BCUT2D eigenvalue weighted by Crippen LogP contribution is -2.08. The van der Waals surface area contributed by atoms with E-state index >= 15 is 0 Å². The highest BCUT2D eigenvalue weighted by Crippen LogP contribution is 2.32. The van der Waals surface area contributed by atoms with Gasteiger partial charge in [0, 0.05) is 0 Å². The summed E-state index contributed by atoms with van der Waals surface area (Å²) in [4.78, 5) is 0. The van der Waals surface area contributed by atoms with E-state index in [-0.39, 0.29) is 11.3 Å². The molecule has 0 bridgehead atoms. The van der Waals surface area contributed by atoms with Crippen molar-refractivity contribution in [2.45, 2.75) is 45.7 Å². The fourth-order valence-corrected chi connectivity index (χ4v) is 3.05. The second-order valence-electron chi connectivity index (χ2n) is 6.84. The van der Waals surface area contributed by atoms with Gasteiger partial charge in [0.1, 0.15) is 0 Å². The number of halogens is 3. The van der Waals surface area contributed by atoms with Gasteiger partial charge in [0.25, 0.3) is 0 Å². The van der Waals surface area contributed by atoms with Crippen LogP contribution in [0.25, 0.3) is 0 Å². The number of hydrogen-bond donors (Lipinski definition) is 1. The van der Waals surface area contributed by atoms with Crippen LogP contribution in [0.15, 0.2) is 36.4 Å². The van der Waals surface area contributed by atoms with E-state index in [2.05, 4.69) is 6.92 Å². The molecule has 1 atom stereocenters. The quantitative estimate of drug-likeness (QED) is 0.658. The van der Waals surface area contributed by atoms with Crippen molar-refractivity contribution in [2.24, 2.45) is 5.92 Å². The first kappa shape index (κ1) is 20.1. The van der Waals surface area contributed by atoms with Crippen molar-refractivity contribution in [2.75, 3.05) is 7.11 Å². The van der Waals surface area contributed by atoms with Gasteiger partial charge < -0.3 is 9.84 Å². The molecule has 26 heavy (non-hydrogen) atoms. The minimum atomic E-state index is -4.29. The molecular formula is C21H25F3O2. The second-order valence-corrected chi connectivity index (χ2v) is 6.84. The molecule has 0 aliphatic carbocycles. The van der Waals surface area contributed by atoms with E-state index in [0.717, 1.165) is 36.8 Å². The van der Waals surface area contributed by atoms with Crippen molar-refractivity contribution >= 4 is 0 Å². The van der Waals surface area contributed by atoms with Crippen molar-refractivity contribution in [3.8, 4) is 11.5 Å². The molecule has 0 spiro atoms. The van der Waals surface area contributed by atoms with Crippen LogP contribution in [0.3, 0.4) is 0 Å². The topological polar surface area (TPSA) is 29.5 Å². The Morgan fingerprint density at radius 3 is 2.12 bits per heavy atom. The molecule has 5 heteroatoms. The summed E-state index contributed by atoms with van der Waals surface area (Å²) >= 11 is 0. The Hall–Kier alpha value is -2.17. The molecule has 0 radical (unpaired) electrons. The van der Waals surface area contributed by atoms with E-state index in [1.807, 2.05) is 12.1 Å². The summed E-state index contributed by atoms with van der Waals surface area (Å²) in [6.45, 7) is 3.66. The van der Waals surface area contributed by atoms with Crippen LogP contribution in [0, 0.1) is 12.8 Å². The van der Waals surface area contributed by atoms with Gasteiger partial charge in [0.2, 0.25) is 0 Å². The molecule has 2 aromatic carbocycles. The van der Waals surface area contributed by atoms with Crippen molar-refractivity contribution in [1.29, 1.82) is 0 Å². The summed E-state index contributed by atoms with van der Waals surface area (Å²) in [5.74, 6) is 1.04. The molecule has 142 valence electrons. The van der Waals surface area contributed by atoms with Gasteiger partial charge in [-0.15, -0.1) is 0 Å². The van der Waals surface area contributed by atoms with E-state index in [9.17, 15) is 18.3 Å². The molecule has 0 saturated heterocycles. The first-order chi connectivity index (χ1) is 12.2. The van der Waals surface area contributed by atoms with Gasteiger partial charge in [0.05, 0.1) is 12.7 Å². The van der Waals surface area contributed by atoms with Gasteiger partial charge in [-0.1, -0.05) is 25.1 Å². The monoisotopic (exact) mass is 366 g/mol. The summed E-state index contributed by atoms with van der Waals surface area (Å²) in [6.07, 6.45) is -0.780. The number of ether oxygens (including phenoxy) is 1. The standard InChI is InChI=1S/C21H25F3O2/c1-14(5-7-17-9-11-19(25)20(13-17)26-3)4-6-16-8-10-18(15(2)12-16)21(22,23)24/h8-14,25H,4-7H2,1-3H3/t14-/m0/s1. The van der Waals surface area contributed by atoms with E-state index in [4.69, 9.17) is 4.74 Å². The molecule has 0 aliphatic rings. The molecule has 0 unspecified atom stereocenters. The largest absolute Gasteiger partial charge is 0.504 e. The van der Waals surface area contributed by atoms with Crippen LogP contribution in [0.5, 0.6) is 11.5 Å². The molecule has 2 rings (SSSR count). The van der Waals surface area contributed by atoms with Gasteiger partial charge >= 0.3 is 6.18 Å². The minimum absolute atomic E-state index is 0.127. The average molecular weight is 366 g/mol. The van der Waals surface area contributed by atoms with Gasteiger partial charge in [-0.2, -0.15) is 13.2 Å². The van der Waals surface area contributed by atoms with Crippen molar-refractivity contribution in [3.63, 3.8) is 0 Å². The van der Waals surface area contributed by atoms with Gasteiger partial charge in [-0.25, -0.2) is 0 Å². The molecule has 0 heterocycles. The zero-order valence-electron chi connectivity index (χ0n) is 15.4. The number of phenolic OH excluding ortho intramolecular Hbond substituents is 1. The van der Waals surface area contributed by atoms with Crippen LogP contribution < -0.4 is 4.74 Å². The number of alkyl halides is 3. The molecule has 0 aliphatic heterocycles. The Bertz CT molecular complexity index is 739. The molecule has 0 aromatic heterocycles. The Balaban J connectivity index is 1.87. The summed E-state index contributed by atoms with van der Waals surface area (Å²) in [7, 11) is 1.52. The molecule has 1 N–H and O–H groups in total. The smallest absolute Gasteiger partial charge is 0.416 e. The Morgan fingerprint density at radius 1 is 1.00 bits per heavy atom. The van der Waals surface area contributed by atoms with Crippen LogP contribution in [0.4, 0.5) is 13.2 Å². The maximum absolute atomic E-state index is 12.8. The zero-order chi connectivity index (χ0) is 19.3. The number of phenols is 1. The highest BCUT2D eigenvalue weighted by atomic mass is 19.4. The highest BCUT2D eigenvalue weighted by molar-refractivity contribution is 5.41. The number of benzene rings is 2. The summed E-state index contributed by atoms with van der Waals surface area (Å²) in [5.41, 5.74) is 1.75. The van der Waals surface area contributed by atoms with Crippen LogP contribution in [0.2, 0.25) is 0 Å². The van der Waals surface area contributed by atoms with Crippen LogP contribution in [-0.2, 0) is 19.0 Å². The summed E-state index contributed by atoms with van der Waals surface area (Å²) in [6, 6.07) is 9.74. The Labute approximate surface area is 152 Å². The maximum atomic E-state index is 12.8. The van der Waals surface area contributed by atoms with Crippen molar-refractivity contribution in [1.82, 2.24) is 0 Å². The first-order valence-corrected chi connectivity index (χ1v) is 8.73. The fourth-order valence-electron chi connectivity index (χ4n) is 3.05. The van der Waals surface area contributed by atoms with E-state index in [0.29, 0.717) is 11.7 Å². The lowest BCUT2D eigenvalue weighted by atomic mass is 9.93. The third-order valence-electron chi connectivity index (χ3n) is 4.69. The van der Waals surface area contributed by atoms with Crippen molar-refractivity contribution < 1.29 is 23.0 Å². The highest BCUT2D eigenvalue weighted by Gasteiger charge is 2.32. The van der Waals surface area contributed by atoms with Crippen LogP contribution in [0.1, 0.15) is 42.0 Å². The average Bonchev–Trinajstić information content (AvgIpc) is 2.58. The molecule has 0 saturated carbocycles. The molecule has 2 aromatic rings. The molecular weight excluding hydrogens is 341 g/mol. The number of methoxy groups -OCH3 is 1. The van der Waals surface area contributed by atoms with Gasteiger partial charge in [0.15, 0.2) is 11.5 Å². The fraction of sp³-hybridized carbons (Fsp3) is 0.429. The van der Waals surface area contributed by atoms with Crippen LogP contribution in [-0.4, -0.2) is 12.2 Å². The SMILES string of the molecule is COc1cc(CC[C@@H](C)CCc2ccc(C(F)(F)F)c(C)c2)ccc1O. The normalized spacial score (nSPS) is 12.8. The number of aryl methyl sites for hydroxylation is 3. The van der Waals surface area contributed by atoms with E-state index in [1.165, 1.54) is 20.1 Å². The lowest BCUT2D eigenvalue weighted by molar-refractivity contribution is -0.138. The zero-order valence-corrected chi connectivity index (χ0v) is 15.4.